The highest BCUT2D eigenvalue weighted by Crippen LogP contribution is 2.30. The Kier molecular flexibility index (Phi) is 6.94. The molecule has 0 bridgehead atoms. The first-order valence-corrected chi connectivity index (χ1v) is 12.0. The van der Waals surface area contributed by atoms with Gasteiger partial charge in [0, 0.05) is 16.9 Å². The molecule has 5 aromatic rings. The van der Waals surface area contributed by atoms with E-state index in [1.807, 2.05) is 98.8 Å². The zero-order valence-electron chi connectivity index (χ0n) is 20.6. The number of carbonyl (C=O) groups is 1. The Morgan fingerprint density at radius 3 is 2.19 bits per heavy atom. The highest BCUT2D eigenvalue weighted by atomic mass is 16.5. The number of anilines is 2. The van der Waals surface area contributed by atoms with E-state index in [0.717, 1.165) is 27.8 Å². The number of urea groups is 1. The third kappa shape index (κ3) is 5.85. The Morgan fingerprint density at radius 1 is 0.784 bits per heavy atom. The summed E-state index contributed by atoms with van der Waals surface area (Å²) in [6.45, 7) is 4.54. The van der Waals surface area contributed by atoms with Crippen molar-refractivity contribution in [2.75, 3.05) is 17.2 Å². The number of rotatable bonds is 7. The first-order chi connectivity index (χ1) is 18.1. The van der Waals surface area contributed by atoms with Gasteiger partial charge in [-0.2, -0.15) is 4.98 Å². The average molecular weight is 491 g/mol. The molecule has 0 spiro atoms. The van der Waals surface area contributed by atoms with Crippen molar-refractivity contribution in [3.8, 4) is 28.8 Å². The van der Waals surface area contributed by atoms with Crippen LogP contribution in [0.15, 0.2) is 97.1 Å². The van der Waals surface area contributed by atoms with Gasteiger partial charge in [0.2, 0.25) is 5.88 Å². The first-order valence-electron chi connectivity index (χ1n) is 12.0. The maximum Gasteiger partial charge on any atom is 0.323 e. The van der Waals surface area contributed by atoms with Crippen LogP contribution in [0.2, 0.25) is 0 Å². The monoisotopic (exact) mass is 490 g/mol. The second-order valence-corrected chi connectivity index (χ2v) is 8.40. The summed E-state index contributed by atoms with van der Waals surface area (Å²) in [6.07, 6.45) is 0. The molecule has 0 aliphatic carbocycles. The second kappa shape index (κ2) is 10.8. The van der Waals surface area contributed by atoms with E-state index < -0.39 is 0 Å². The van der Waals surface area contributed by atoms with Crippen LogP contribution < -0.4 is 20.1 Å². The van der Waals surface area contributed by atoms with Crippen LogP contribution in [0.25, 0.3) is 22.3 Å². The fourth-order valence-corrected chi connectivity index (χ4v) is 3.84. The van der Waals surface area contributed by atoms with Crippen LogP contribution in [-0.4, -0.2) is 22.6 Å². The lowest BCUT2D eigenvalue weighted by molar-refractivity contribution is 0.262. The van der Waals surface area contributed by atoms with Gasteiger partial charge in [-0.25, -0.2) is 9.78 Å². The quantitative estimate of drug-likeness (QED) is 0.248. The number of para-hydroxylation sites is 1. The molecule has 0 fully saturated rings. The van der Waals surface area contributed by atoms with Gasteiger partial charge < -0.3 is 20.1 Å². The highest BCUT2D eigenvalue weighted by molar-refractivity contribution is 5.99. The Balaban J connectivity index is 1.33. The molecular formula is C30H26N4O3. The normalized spacial score (nSPS) is 10.6. The molecule has 0 aliphatic rings. The van der Waals surface area contributed by atoms with Gasteiger partial charge in [-0.15, -0.1) is 0 Å². The molecule has 37 heavy (non-hydrogen) atoms. The number of aromatic nitrogens is 2. The number of carbonyl (C=O) groups excluding carboxylic acids is 1. The number of hydrogen-bond acceptors (Lipinski definition) is 5. The third-order valence-corrected chi connectivity index (χ3v) is 5.60. The number of amides is 2. The molecule has 2 N–H and O–H groups in total. The maximum atomic E-state index is 12.4. The molecule has 1 heterocycles. The van der Waals surface area contributed by atoms with E-state index in [2.05, 4.69) is 10.6 Å². The lowest BCUT2D eigenvalue weighted by Crippen LogP contribution is -2.19. The molecule has 0 saturated heterocycles. The smallest absolute Gasteiger partial charge is 0.323 e. The Hall–Kier alpha value is -4.91. The third-order valence-electron chi connectivity index (χ3n) is 5.60. The summed E-state index contributed by atoms with van der Waals surface area (Å²) >= 11 is 0. The summed E-state index contributed by atoms with van der Waals surface area (Å²) in [6, 6.07) is 29.8. The number of benzene rings is 4. The molecule has 0 aliphatic heterocycles. The molecule has 4 aromatic carbocycles. The highest BCUT2D eigenvalue weighted by Gasteiger charge is 2.12. The van der Waals surface area contributed by atoms with Crippen LogP contribution in [-0.2, 0) is 0 Å². The van der Waals surface area contributed by atoms with Crippen LogP contribution in [0.1, 0.15) is 12.5 Å². The van der Waals surface area contributed by atoms with Gasteiger partial charge in [0.25, 0.3) is 0 Å². The van der Waals surface area contributed by atoms with Crippen molar-refractivity contribution in [3.05, 3.63) is 103 Å². The first kappa shape index (κ1) is 23.8. The summed E-state index contributed by atoms with van der Waals surface area (Å²) in [5.41, 5.74) is 4.00. The van der Waals surface area contributed by atoms with Gasteiger partial charge in [0.05, 0.1) is 17.5 Å². The predicted molar refractivity (Wildman–Crippen MR) is 146 cm³/mol. The van der Waals surface area contributed by atoms with Gasteiger partial charge in [0.15, 0.2) is 5.82 Å². The van der Waals surface area contributed by atoms with Crippen molar-refractivity contribution in [1.82, 2.24) is 9.97 Å². The molecule has 184 valence electrons. The summed E-state index contributed by atoms with van der Waals surface area (Å²) in [5.74, 6) is 2.50. The van der Waals surface area contributed by atoms with Crippen LogP contribution in [0.5, 0.6) is 17.4 Å². The zero-order valence-corrected chi connectivity index (χ0v) is 20.6. The molecule has 7 heteroatoms. The topological polar surface area (TPSA) is 85.4 Å². The van der Waals surface area contributed by atoms with E-state index in [1.54, 1.807) is 12.1 Å². The lowest BCUT2D eigenvalue weighted by Gasteiger charge is -2.11. The number of hydrogen-bond donors (Lipinski definition) is 2. The Bertz CT molecular complexity index is 1530. The molecule has 1 aromatic heterocycles. The zero-order chi connectivity index (χ0) is 25.6. The number of ether oxygens (including phenoxy) is 2. The summed E-state index contributed by atoms with van der Waals surface area (Å²) < 4.78 is 11.6. The molecule has 2 amide bonds. The van der Waals surface area contributed by atoms with E-state index in [1.165, 1.54) is 0 Å². The second-order valence-electron chi connectivity index (χ2n) is 8.40. The fraction of sp³-hybridized carbons (Fsp3) is 0.100. The van der Waals surface area contributed by atoms with Gasteiger partial charge in [-0.3, -0.25) is 0 Å². The van der Waals surface area contributed by atoms with Crippen LogP contribution >= 0.6 is 0 Å². The minimum Gasteiger partial charge on any atom is -0.494 e. The van der Waals surface area contributed by atoms with Gasteiger partial charge in [-0.05, 0) is 92.2 Å². The minimum atomic E-state index is -0.340. The summed E-state index contributed by atoms with van der Waals surface area (Å²) in [5, 5.41) is 6.49. The van der Waals surface area contributed by atoms with Crippen molar-refractivity contribution >= 4 is 28.3 Å². The number of nitrogens with one attached hydrogen (secondary N) is 2. The van der Waals surface area contributed by atoms with Crippen molar-refractivity contribution in [2.45, 2.75) is 13.8 Å². The van der Waals surface area contributed by atoms with Gasteiger partial charge in [0.1, 0.15) is 11.5 Å². The maximum absolute atomic E-state index is 12.4. The van der Waals surface area contributed by atoms with E-state index in [4.69, 9.17) is 19.4 Å². The van der Waals surface area contributed by atoms with E-state index in [-0.39, 0.29) is 6.03 Å². The Labute approximate surface area is 215 Å². The van der Waals surface area contributed by atoms with Crippen molar-refractivity contribution in [3.63, 3.8) is 0 Å². The predicted octanol–water partition coefficient (Wildman–Crippen LogP) is 7.44. The van der Waals surface area contributed by atoms with Crippen LogP contribution in [0.4, 0.5) is 16.2 Å². The SMILES string of the molecule is CCOc1ccc(NC(=O)Nc2ccc(-c3nc(Oc4cccc(C)c4)c4ccccc4n3)cc2)cc1. The molecule has 0 atom stereocenters. The van der Waals surface area contributed by atoms with Crippen molar-refractivity contribution in [2.24, 2.45) is 0 Å². The standard InChI is InChI=1S/C30H26N4O3/c1-3-36-24-17-15-23(16-18-24)32-30(35)31-22-13-11-21(12-14-22)28-33-27-10-5-4-9-26(27)29(34-28)37-25-8-6-7-20(2)19-25/h4-19H,3H2,1-2H3,(H2,31,32,35). The molecule has 0 radical (unpaired) electrons. The summed E-state index contributed by atoms with van der Waals surface area (Å²) in [4.78, 5) is 21.9. The lowest BCUT2D eigenvalue weighted by atomic mass is 10.1. The van der Waals surface area contributed by atoms with Gasteiger partial charge in [-0.1, -0.05) is 24.3 Å². The van der Waals surface area contributed by atoms with Crippen LogP contribution in [0.3, 0.4) is 0 Å². The van der Waals surface area contributed by atoms with Crippen LogP contribution in [0, 0.1) is 6.92 Å². The van der Waals surface area contributed by atoms with E-state index in [9.17, 15) is 4.79 Å². The minimum absolute atomic E-state index is 0.340. The average Bonchev–Trinajstić information content (AvgIpc) is 2.90. The number of nitrogens with zero attached hydrogens (tertiary/aromatic N) is 2. The molecule has 0 unspecified atom stereocenters. The fourth-order valence-electron chi connectivity index (χ4n) is 3.84. The van der Waals surface area contributed by atoms with E-state index in [0.29, 0.717) is 35.4 Å². The van der Waals surface area contributed by atoms with Crippen molar-refractivity contribution in [1.29, 1.82) is 0 Å². The largest absolute Gasteiger partial charge is 0.494 e. The number of fused-ring (bicyclic) bond motifs is 1. The number of aryl methyl sites for hydroxylation is 1. The molecule has 5 rings (SSSR count). The molecule has 7 nitrogen and oxygen atoms in total. The van der Waals surface area contributed by atoms with Crippen molar-refractivity contribution < 1.29 is 14.3 Å². The molecular weight excluding hydrogens is 464 g/mol. The van der Waals surface area contributed by atoms with Gasteiger partial charge >= 0.3 is 6.03 Å². The molecule has 0 saturated carbocycles. The Morgan fingerprint density at radius 2 is 1.49 bits per heavy atom. The summed E-state index contributed by atoms with van der Waals surface area (Å²) in [7, 11) is 0. The van der Waals surface area contributed by atoms with E-state index >= 15 is 0 Å².